The number of esters is 1. The van der Waals surface area contributed by atoms with Crippen LogP contribution in [0, 0.1) is 0 Å². The molecule has 0 fully saturated rings. The van der Waals surface area contributed by atoms with Crippen molar-refractivity contribution in [3.63, 3.8) is 0 Å². The third-order valence-corrected chi connectivity index (χ3v) is 6.19. The lowest BCUT2D eigenvalue weighted by molar-refractivity contribution is -0.121. The van der Waals surface area contributed by atoms with Gasteiger partial charge in [-0.05, 0) is 50.4 Å². The summed E-state index contributed by atoms with van der Waals surface area (Å²) in [7, 11) is 0. The molecule has 1 aromatic heterocycles. The van der Waals surface area contributed by atoms with Gasteiger partial charge >= 0.3 is 5.97 Å². The first kappa shape index (κ1) is 23.5. The van der Waals surface area contributed by atoms with E-state index >= 15 is 0 Å². The van der Waals surface area contributed by atoms with E-state index in [-0.39, 0.29) is 30.0 Å². The van der Waals surface area contributed by atoms with Crippen molar-refractivity contribution in [2.75, 3.05) is 11.9 Å². The van der Waals surface area contributed by atoms with Gasteiger partial charge in [-0.1, -0.05) is 41.7 Å². The molecule has 6 nitrogen and oxygen atoms in total. The first-order chi connectivity index (χ1) is 13.2. The predicted octanol–water partition coefficient (Wildman–Crippen LogP) is 4.31. The van der Waals surface area contributed by atoms with Crippen LogP contribution < -0.4 is 16.0 Å². The van der Waals surface area contributed by atoms with Gasteiger partial charge in [0.15, 0.2) is 5.11 Å². The lowest BCUT2D eigenvalue weighted by Crippen LogP contribution is -2.56. The van der Waals surface area contributed by atoms with Crippen molar-refractivity contribution in [2.24, 2.45) is 0 Å². The number of hydrogen-bond acceptors (Lipinski definition) is 5. The highest BCUT2D eigenvalue weighted by Crippen LogP contribution is 2.38. The smallest absolute Gasteiger partial charge is 0.341 e. The van der Waals surface area contributed by atoms with Crippen molar-refractivity contribution in [2.45, 2.75) is 55.9 Å². The molecule has 3 N–H and O–H groups in total. The maximum absolute atomic E-state index is 12.5. The van der Waals surface area contributed by atoms with E-state index in [1.807, 2.05) is 0 Å². The van der Waals surface area contributed by atoms with Crippen molar-refractivity contribution < 1.29 is 14.3 Å². The van der Waals surface area contributed by atoms with E-state index in [9.17, 15) is 9.59 Å². The highest BCUT2D eigenvalue weighted by molar-refractivity contribution is 7.80. The van der Waals surface area contributed by atoms with Crippen molar-refractivity contribution in [1.29, 1.82) is 0 Å². The Hall–Kier alpha value is -0.800. The van der Waals surface area contributed by atoms with Crippen LogP contribution in [0.2, 0.25) is 0 Å². The van der Waals surface area contributed by atoms with Crippen LogP contribution in [0.3, 0.4) is 0 Å². The van der Waals surface area contributed by atoms with Gasteiger partial charge in [-0.2, -0.15) is 0 Å². The number of hydrogen-bond donors (Lipinski definition) is 3. The predicted molar refractivity (Wildman–Crippen MR) is 119 cm³/mol. The second-order valence-electron chi connectivity index (χ2n) is 6.13. The molecule has 1 aromatic rings. The largest absolute Gasteiger partial charge is 0.462 e. The third-order valence-electron chi connectivity index (χ3n) is 4.11. The van der Waals surface area contributed by atoms with Crippen LogP contribution in [0.5, 0.6) is 0 Å². The number of aryl methyl sites for hydroxylation is 1. The molecule has 0 saturated carbocycles. The number of nitrogens with one attached hydrogen (secondary N) is 3. The first-order valence-corrected chi connectivity index (χ1v) is 11.3. The molecule has 0 bridgehead atoms. The molecule has 0 radical (unpaired) electrons. The monoisotopic (exact) mass is 485 g/mol. The van der Waals surface area contributed by atoms with Crippen LogP contribution in [0.4, 0.5) is 5.00 Å². The Bertz CT molecular complexity index is 750. The van der Waals surface area contributed by atoms with Gasteiger partial charge in [-0.15, -0.1) is 11.3 Å². The summed E-state index contributed by atoms with van der Waals surface area (Å²) in [5, 5.41) is 9.09. The van der Waals surface area contributed by atoms with Gasteiger partial charge in [0.25, 0.3) is 0 Å². The number of ether oxygens (including phenoxy) is 1. The van der Waals surface area contributed by atoms with E-state index < -0.39 is 9.96 Å². The Morgan fingerprint density at radius 2 is 1.89 bits per heavy atom. The Balaban J connectivity index is 2.21. The number of rotatable bonds is 6. The number of fused-ring (bicyclic) bond motifs is 1. The summed E-state index contributed by atoms with van der Waals surface area (Å²) in [5.41, 5.74) is 1.52. The van der Waals surface area contributed by atoms with Gasteiger partial charge in [-0.3, -0.25) is 4.79 Å². The molecule has 156 valence electrons. The highest BCUT2D eigenvalue weighted by Gasteiger charge is 2.35. The average molecular weight is 487 g/mol. The zero-order valence-electron chi connectivity index (χ0n) is 15.5. The lowest BCUT2D eigenvalue weighted by atomic mass is 9.95. The Kier molecular flexibility index (Phi) is 8.63. The van der Waals surface area contributed by atoms with Gasteiger partial charge in [0.05, 0.1) is 12.2 Å². The normalized spacial score (nSPS) is 14.6. The second-order valence-corrected chi connectivity index (χ2v) is 10.0. The first-order valence-electron chi connectivity index (χ1n) is 8.92. The van der Waals surface area contributed by atoms with Crippen LogP contribution in [0.25, 0.3) is 0 Å². The zero-order chi connectivity index (χ0) is 20.9. The van der Waals surface area contributed by atoms with Gasteiger partial charge < -0.3 is 20.7 Å². The minimum Gasteiger partial charge on any atom is -0.462 e. The van der Waals surface area contributed by atoms with Crippen LogP contribution in [0.15, 0.2) is 0 Å². The minimum absolute atomic E-state index is 0.122. The van der Waals surface area contributed by atoms with Gasteiger partial charge in [0, 0.05) is 11.3 Å². The Morgan fingerprint density at radius 1 is 1.21 bits per heavy atom. The minimum atomic E-state index is -1.82. The number of carbonyl (C=O) groups is 2. The molecular weight excluding hydrogens is 465 g/mol. The molecule has 2 rings (SSSR count). The summed E-state index contributed by atoms with van der Waals surface area (Å²) < 4.78 is 3.40. The highest BCUT2D eigenvalue weighted by atomic mass is 35.6. The average Bonchev–Trinajstić information content (AvgIpc) is 2.98. The summed E-state index contributed by atoms with van der Waals surface area (Å²) in [5.74, 6) is -0.685. The molecule has 0 aliphatic heterocycles. The SMILES string of the molecule is CCOC(=O)c1c(NC(=S)N[C@H](NC(=O)CC)C(Cl)(Cl)Cl)sc2c1CCCC2. The summed E-state index contributed by atoms with van der Waals surface area (Å²) in [6, 6.07) is 0. The van der Waals surface area contributed by atoms with E-state index in [1.54, 1.807) is 13.8 Å². The van der Waals surface area contributed by atoms with Crippen LogP contribution in [-0.2, 0) is 22.4 Å². The van der Waals surface area contributed by atoms with E-state index in [0.717, 1.165) is 36.1 Å². The molecule has 1 heterocycles. The molecule has 0 aromatic carbocycles. The number of halogens is 3. The number of carbonyl (C=O) groups excluding carboxylic acids is 2. The number of thiocarbonyl (C=S) groups is 1. The molecule has 1 amide bonds. The summed E-state index contributed by atoms with van der Waals surface area (Å²) in [6.07, 6.45) is 3.03. The second kappa shape index (κ2) is 10.3. The molecule has 0 unspecified atom stereocenters. The topological polar surface area (TPSA) is 79.5 Å². The summed E-state index contributed by atoms with van der Waals surface area (Å²) >= 11 is 24.6. The fourth-order valence-corrected chi connectivity index (χ4v) is 4.70. The maximum Gasteiger partial charge on any atom is 0.341 e. The van der Waals surface area contributed by atoms with Crippen molar-refractivity contribution >= 4 is 80.3 Å². The summed E-state index contributed by atoms with van der Waals surface area (Å²) in [6.45, 7) is 3.73. The molecule has 1 aliphatic carbocycles. The Labute approximate surface area is 188 Å². The fourth-order valence-electron chi connectivity index (χ4n) is 2.81. The van der Waals surface area contributed by atoms with Gasteiger partial charge in [0.2, 0.25) is 9.70 Å². The lowest BCUT2D eigenvalue weighted by Gasteiger charge is -2.27. The van der Waals surface area contributed by atoms with Crippen LogP contribution >= 0.6 is 58.4 Å². The fraction of sp³-hybridized carbons (Fsp3) is 0.588. The third kappa shape index (κ3) is 6.10. The quantitative estimate of drug-likeness (QED) is 0.241. The number of anilines is 1. The number of alkyl halides is 3. The van der Waals surface area contributed by atoms with Crippen molar-refractivity contribution in [3.05, 3.63) is 16.0 Å². The van der Waals surface area contributed by atoms with Gasteiger partial charge in [-0.25, -0.2) is 4.79 Å². The van der Waals surface area contributed by atoms with Crippen LogP contribution in [-0.4, -0.2) is 33.6 Å². The summed E-state index contributed by atoms with van der Waals surface area (Å²) in [4.78, 5) is 25.4. The molecule has 0 saturated heterocycles. The molecule has 11 heteroatoms. The maximum atomic E-state index is 12.5. The van der Waals surface area contributed by atoms with E-state index in [0.29, 0.717) is 10.6 Å². The molecule has 1 aliphatic rings. The molecular formula is C17H22Cl3N3O3S2. The van der Waals surface area contributed by atoms with E-state index in [1.165, 1.54) is 11.3 Å². The zero-order valence-corrected chi connectivity index (χ0v) is 19.4. The van der Waals surface area contributed by atoms with Gasteiger partial charge in [0.1, 0.15) is 11.2 Å². The number of thiophene rings is 1. The molecule has 0 spiro atoms. The standard InChI is InChI=1S/C17H22Cl3N3O3S2/c1-3-11(24)21-15(17(18,19)20)23-16(27)22-13-12(14(25)26-4-2)9-7-5-6-8-10(9)28-13/h15H,3-8H2,1-2H3,(H,21,24)(H2,22,23,27)/t15-/m0/s1. The molecule has 1 atom stereocenters. The Morgan fingerprint density at radius 3 is 2.50 bits per heavy atom. The van der Waals surface area contributed by atoms with Crippen molar-refractivity contribution in [3.8, 4) is 0 Å². The molecule has 28 heavy (non-hydrogen) atoms. The van der Waals surface area contributed by atoms with E-state index in [2.05, 4.69) is 16.0 Å². The van der Waals surface area contributed by atoms with E-state index in [4.69, 9.17) is 51.8 Å². The van der Waals surface area contributed by atoms with Crippen molar-refractivity contribution in [1.82, 2.24) is 10.6 Å². The van der Waals surface area contributed by atoms with Crippen LogP contribution in [0.1, 0.15) is 53.9 Å². The number of amides is 1.